The third-order valence-corrected chi connectivity index (χ3v) is 4.93. The number of anilines is 1. The number of alkyl halides is 6. The van der Waals surface area contributed by atoms with E-state index in [0.717, 1.165) is 29.4 Å². The highest BCUT2D eigenvalue weighted by molar-refractivity contribution is 5.92. The van der Waals surface area contributed by atoms with Gasteiger partial charge in [-0.25, -0.2) is 14.8 Å². The number of aromatic nitrogens is 4. The number of ether oxygens (including phenoxy) is 1. The molecule has 4 rings (SSSR count). The molecule has 35 heavy (non-hydrogen) atoms. The first-order chi connectivity index (χ1) is 16.5. The van der Waals surface area contributed by atoms with Crippen molar-refractivity contribution in [3.63, 3.8) is 0 Å². The van der Waals surface area contributed by atoms with E-state index < -0.39 is 35.7 Å². The van der Waals surface area contributed by atoms with E-state index in [1.807, 2.05) is 0 Å². The minimum atomic E-state index is -4.82. The summed E-state index contributed by atoms with van der Waals surface area (Å²) in [5.74, 6) is -1.92. The first kappa shape index (κ1) is 24.4. The quantitative estimate of drug-likeness (QED) is 0.497. The van der Waals surface area contributed by atoms with Gasteiger partial charge in [-0.2, -0.15) is 31.3 Å². The Labute approximate surface area is 193 Å². The number of rotatable bonds is 4. The lowest BCUT2D eigenvalue weighted by atomic mass is 10.2. The van der Waals surface area contributed by atoms with Crippen molar-refractivity contribution >= 4 is 11.7 Å². The Bertz CT molecular complexity index is 1180. The molecule has 0 spiro atoms. The average Bonchev–Trinajstić information content (AvgIpc) is 3.34. The van der Waals surface area contributed by atoms with Crippen LogP contribution >= 0.6 is 0 Å². The number of hydrogen-bond donors (Lipinski definition) is 0. The van der Waals surface area contributed by atoms with E-state index in [1.165, 1.54) is 17.0 Å². The molecule has 2 amide bonds. The molecule has 9 nitrogen and oxygen atoms in total. The second-order valence-corrected chi connectivity index (χ2v) is 7.33. The highest BCUT2D eigenvalue weighted by atomic mass is 19.4. The van der Waals surface area contributed by atoms with Gasteiger partial charge in [0.15, 0.2) is 0 Å². The number of morpholine rings is 1. The predicted octanol–water partition coefficient (Wildman–Crippen LogP) is 4.02. The van der Waals surface area contributed by atoms with Crippen molar-refractivity contribution in [1.29, 1.82) is 0 Å². The van der Waals surface area contributed by atoms with Gasteiger partial charge in [-0.05, 0) is 18.2 Å². The molecular formula is C20H16F6N6O3. The van der Waals surface area contributed by atoms with Gasteiger partial charge in [-0.1, -0.05) is 11.2 Å². The lowest BCUT2D eigenvalue weighted by molar-refractivity contribution is -0.159. The normalized spacial score (nSPS) is 14.7. The fraction of sp³-hybridized carbons (Fsp3) is 0.350. The molecule has 0 bridgehead atoms. The molecule has 15 heteroatoms. The standard InChI is InChI=1S/C20H16F6N6O3/c21-19(22,23)13-2-1-3-14(8-13)32(18(33)31-4-6-34-7-5-31)11-15-27-9-12(10-28-15)16-29-17(35-30-16)20(24,25)26/h1-3,8-10H,4-7,11H2. The maximum absolute atomic E-state index is 13.3. The highest BCUT2D eigenvalue weighted by Gasteiger charge is 2.38. The van der Waals surface area contributed by atoms with Gasteiger partial charge in [-0.15, -0.1) is 0 Å². The van der Waals surface area contributed by atoms with Crippen molar-refractivity contribution in [2.24, 2.45) is 0 Å². The maximum atomic E-state index is 13.3. The van der Waals surface area contributed by atoms with Crippen LogP contribution in [0.5, 0.6) is 0 Å². The Morgan fingerprint density at radius 1 is 1.03 bits per heavy atom. The van der Waals surface area contributed by atoms with E-state index >= 15 is 0 Å². The molecule has 0 aliphatic carbocycles. The first-order valence-corrected chi connectivity index (χ1v) is 10.1. The van der Waals surface area contributed by atoms with Gasteiger partial charge in [-0.3, -0.25) is 4.90 Å². The highest BCUT2D eigenvalue weighted by Crippen LogP contribution is 2.32. The van der Waals surface area contributed by atoms with Gasteiger partial charge < -0.3 is 14.2 Å². The van der Waals surface area contributed by atoms with Crippen molar-refractivity contribution in [1.82, 2.24) is 25.0 Å². The number of nitrogens with zero attached hydrogens (tertiary/aromatic N) is 6. The van der Waals surface area contributed by atoms with E-state index in [0.29, 0.717) is 0 Å². The third-order valence-electron chi connectivity index (χ3n) is 4.93. The molecule has 1 saturated heterocycles. The summed E-state index contributed by atoms with van der Waals surface area (Å²) in [6.07, 6.45) is -7.20. The molecule has 1 aromatic carbocycles. The van der Waals surface area contributed by atoms with Crippen LogP contribution in [-0.2, 0) is 23.6 Å². The van der Waals surface area contributed by atoms with Crippen molar-refractivity contribution in [2.45, 2.75) is 18.9 Å². The number of hydrogen-bond acceptors (Lipinski definition) is 7. The number of benzene rings is 1. The van der Waals surface area contributed by atoms with E-state index in [1.54, 1.807) is 0 Å². The third kappa shape index (κ3) is 5.67. The Morgan fingerprint density at radius 3 is 2.31 bits per heavy atom. The summed E-state index contributed by atoms with van der Waals surface area (Å²) in [4.78, 5) is 27.0. The fourth-order valence-corrected chi connectivity index (χ4v) is 3.19. The van der Waals surface area contributed by atoms with E-state index in [-0.39, 0.29) is 49.9 Å². The monoisotopic (exact) mass is 502 g/mol. The fourth-order valence-electron chi connectivity index (χ4n) is 3.19. The van der Waals surface area contributed by atoms with Crippen LogP contribution in [-0.4, -0.2) is 57.3 Å². The molecule has 1 aliphatic rings. The number of urea groups is 1. The minimum Gasteiger partial charge on any atom is -0.378 e. The zero-order valence-corrected chi connectivity index (χ0v) is 17.7. The van der Waals surface area contributed by atoms with Crippen LogP contribution in [0.15, 0.2) is 41.2 Å². The molecule has 0 N–H and O–H groups in total. The summed E-state index contributed by atoms with van der Waals surface area (Å²) in [5, 5.41) is 3.24. The first-order valence-electron chi connectivity index (χ1n) is 10.1. The van der Waals surface area contributed by atoms with Crippen molar-refractivity contribution in [3.05, 3.63) is 53.9 Å². The number of carbonyl (C=O) groups excluding carboxylic acids is 1. The Balaban J connectivity index is 1.61. The van der Waals surface area contributed by atoms with Crippen LogP contribution in [0.2, 0.25) is 0 Å². The summed E-state index contributed by atoms with van der Waals surface area (Å²) in [6, 6.07) is 3.67. The summed E-state index contributed by atoms with van der Waals surface area (Å²) in [5.41, 5.74) is -0.960. The molecule has 186 valence electrons. The molecule has 3 aromatic rings. The summed E-state index contributed by atoms with van der Waals surface area (Å²) in [7, 11) is 0. The topological polar surface area (TPSA) is 97.5 Å². The van der Waals surface area contributed by atoms with Gasteiger partial charge in [0.1, 0.15) is 5.82 Å². The molecule has 0 radical (unpaired) electrons. The van der Waals surface area contributed by atoms with Crippen LogP contribution < -0.4 is 4.90 Å². The maximum Gasteiger partial charge on any atom is 0.471 e. The molecule has 1 fully saturated rings. The van der Waals surface area contributed by atoms with E-state index in [9.17, 15) is 31.1 Å². The molecule has 3 heterocycles. The lowest BCUT2D eigenvalue weighted by Gasteiger charge is -2.33. The lowest BCUT2D eigenvalue weighted by Crippen LogP contribution is -2.48. The smallest absolute Gasteiger partial charge is 0.378 e. The van der Waals surface area contributed by atoms with Crippen molar-refractivity contribution < 1.29 is 40.4 Å². The zero-order valence-electron chi connectivity index (χ0n) is 17.7. The Morgan fingerprint density at radius 2 is 1.71 bits per heavy atom. The minimum absolute atomic E-state index is 0.0122. The van der Waals surface area contributed by atoms with Crippen molar-refractivity contribution in [2.75, 3.05) is 31.2 Å². The van der Waals surface area contributed by atoms with E-state index in [2.05, 4.69) is 24.6 Å². The van der Waals surface area contributed by atoms with Gasteiger partial charge in [0.2, 0.25) is 5.82 Å². The van der Waals surface area contributed by atoms with Gasteiger partial charge in [0.05, 0.1) is 30.9 Å². The second-order valence-electron chi connectivity index (χ2n) is 7.33. The Hall–Kier alpha value is -3.75. The molecule has 2 aromatic heterocycles. The zero-order chi connectivity index (χ0) is 25.2. The summed E-state index contributed by atoms with van der Waals surface area (Å²) < 4.78 is 87.2. The summed E-state index contributed by atoms with van der Waals surface area (Å²) in [6.45, 7) is 0.731. The molecule has 0 atom stereocenters. The van der Waals surface area contributed by atoms with Crippen LogP contribution in [0.1, 0.15) is 17.3 Å². The molecular weight excluding hydrogens is 486 g/mol. The van der Waals surface area contributed by atoms with Crippen molar-refractivity contribution in [3.8, 4) is 11.4 Å². The van der Waals surface area contributed by atoms with Gasteiger partial charge in [0.25, 0.3) is 0 Å². The second kappa shape index (κ2) is 9.48. The van der Waals surface area contributed by atoms with Crippen LogP contribution in [0.3, 0.4) is 0 Å². The predicted molar refractivity (Wildman–Crippen MR) is 106 cm³/mol. The molecule has 1 aliphatic heterocycles. The molecule has 0 unspecified atom stereocenters. The number of carbonyl (C=O) groups is 1. The largest absolute Gasteiger partial charge is 0.471 e. The average molecular weight is 502 g/mol. The van der Waals surface area contributed by atoms with Gasteiger partial charge in [0, 0.05) is 31.2 Å². The van der Waals surface area contributed by atoms with Gasteiger partial charge >= 0.3 is 24.3 Å². The van der Waals surface area contributed by atoms with Crippen LogP contribution in [0.4, 0.5) is 36.8 Å². The Kier molecular flexibility index (Phi) is 6.60. The SMILES string of the molecule is O=C(N1CCOCC1)N(Cc1ncc(-c2noc(C(F)(F)F)n2)cn1)c1cccc(C(F)(F)F)c1. The number of amides is 2. The van der Waals surface area contributed by atoms with Crippen LogP contribution in [0, 0.1) is 0 Å². The number of halogens is 6. The molecule has 0 saturated carbocycles. The van der Waals surface area contributed by atoms with Crippen LogP contribution in [0.25, 0.3) is 11.4 Å². The van der Waals surface area contributed by atoms with E-state index in [4.69, 9.17) is 4.74 Å². The summed E-state index contributed by atoms with van der Waals surface area (Å²) >= 11 is 0.